The third-order valence-corrected chi connectivity index (χ3v) is 8.12. The lowest BCUT2D eigenvalue weighted by molar-refractivity contribution is 0.0697. The first-order valence-electron chi connectivity index (χ1n) is 9.59. The third kappa shape index (κ3) is 5.29. The maximum absolute atomic E-state index is 13.1. The summed E-state index contributed by atoms with van der Waals surface area (Å²) >= 11 is 0. The van der Waals surface area contributed by atoms with Crippen LogP contribution in [-0.4, -0.2) is 84.2 Å². The molecule has 2 heterocycles. The number of nitrogens with zero attached hydrogens (tertiary/aromatic N) is 2. The Labute approximate surface area is 176 Å². The van der Waals surface area contributed by atoms with E-state index in [0.29, 0.717) is 26.1 Å². The van der Waals surface area contributed by atoms with Crippen LogP contribution < -0.4 is 4.74 Å². The van der Waals surface area contributed by atoms with Gasteiger partial charge < -0.3 is 14.4 Å². The summed E-state index contributed by atoms with van der Waals surface area (Å²) in [7, 11) is -7.06. The normalized spacial score (nSPS) is 19.6. The molecule has 1 aromatic carbocycles. The lowest BCUT2D eigenvalue weighted by atomic mass is 9.98. The minimum atomic E-state index is -4.55. The number of morpholine rings is 1. The van der Waals surface area contributed by atoms with E-state index in [4.69, 9.17) is 9.47 Å². The van der Waals surface area contributed by atoms with Gasteiger partial charge in [0, 0.05) is 31.7 Å². The van der Waals surface area contributed by atoms with E-state index in [0.717, 1.165) is 0 Å². The van der Waals surface area contributed by atoms with Crippen molar-refractivity contribution in [3.63, 3.8) is 0 Å². The highest BCUT2D eigenvalue weighted by Gasteiger charge is 2.32. The Morgan fingerprint density at radius 2 is 1.77 bits per heavy atom. The van der Waals surface area contributed by atoms with Crippen molar-refractivity contribution in [2.24, 2.45) is 5.92 Å². The topological polar surface area (TPSA) is 110 Å². The SMILES string of the molecule is COc1ccc(C(=O)N2CCC(CS(=O)(=O)F)CC2)cc1S(=O)(=O)N1CCOCC1. The number of hydrogen-bond acceptors (Lipinski definition) is 7. The second kappa shape index (κ2) is 9.16. The smallest absolute Gasteiger partial charge is 0.302 e. The van der Waals surface area contributed by atoms with Crippen LogP contribution in [0.3, 0.4) is 0 Å². The van der Waals surface area contributed by atoms with Crippen LogP contribution in [0.5, 0.6) is 5.75 Å². The van der Waals surface area contributed by atoms with Gasteiger partial charge in [0.2, 0.25) is 10.0 Å². The average Bonchev–Trinajstić information content (AvgIpc) is 2.73. The van der Waals surface area contributed by atoms with Crippen LogP contribution in [0, 0.1) is 5.92 Å². The first-order valence-corrected chi connectivity index (χ1v) is 12.6. The van der Waals surface area contributed by atoms with Gasteiger partial charge in [-0.25, -0.2) is 8.42 Å². The Morgan fingerprint density at radius 3 is 2.33 bits per heavy atom. The van der Waals surface area contributed by atoms with Gasteiger partial charge in [-0.2, -0.15) is 12.7 Å². The van der Waals surface area contributed by atoms with E-state index in [1.54, 1.807) is 0 Å². The van der Waals surface area contributed by atoms with Crippen molar-refractivity contribution in [1.29, 1.82) is 0 Å². The number of halogens is 1. The molecule has 0 atom stereocenters. The number of methoxy groups -OCH3 is 1. The molecule has 168 valence electrons. The monoisotopic (exact) mass is 464 g/mol. The van der Waals surface area contributed by atoms with Crippen LogP contribution in [0.2, 0.25) is 0 Å². The highest BCUT2D eigenvalue weighted by atomic mass is 32.3. The molecule has 0 saturated carbocycles. The molecular formula is C18H25FN2O7S2. The molecule has 0 unspecified atom stereocenters. The molecule has 0 N–H and O–H groups in total. The van der Waals surface area contributed by atoms with Gasteiger partial charge in [-0.3, -0.25) is 4.79 Å². The number of ether oxygens (including phenoxy) is 2. The molecule has 1 amide bonds. The van der Waals surface area contributed by atoms with Gasteiger partial charge in [-0.1, -0.05) is 0 Å². The van der Waals surface area contributed by atoms with E-state index in [9.17, 15) is 25.5 Å². The first kappa shape index (κ1) is 22.9. The van der Waals surface area contributed by atoms with Gasteiger partial charge in [0.1, 0.15) is 10.6 Å². The largest absolute Gasteiger partial charge is 0.495 e. The minimum absolute atomic E-state index is 0.0869. The van der Waals surface area contributed by atoms with Crippen LogP contribution in [-0.2, 0) is 25.0 Å². The number of carbonyl (C=O) groups is 1. The standard InChI is InChI=1S/C18H25FN2O7S2/c1-27-16-3-2-15(12-17(16)30(25,26)21-8-10-28-11-9-21)18(22)20-6-4-14(5-7-20)13-29(19,23)24/h2-3,12,14H,4-11,13H2,1H3. The zero-order valence-electron chi connectivity index (χ0n) is 16.6. The number of benzene rings is 1. The fraction of sp³-hybridized carbons (Fsp3) is 0.611. The Bertz CT molecular complexity index is 984. The minimum Gasteiger partial charge on any atom is -0.495 e. The van der Waals surface area contributed by atoms with Crippen LogP contribution in [0.1, 0.15) is 23.2 Å². The zero-order chi connectivity index (χ0) is 21.9. The molecule has 3 rings (SSSR count). The van der Waals surface area contributed by atoms with Crippen molar-refractivity contribution < 1.29 is 35.0 Å². The maximum atomic E-state index is 13.1. The summed E-state index contributed by atoms with van der Waals surface area (Å²) in [4.78, 5) is 14.3. The number of amides is 1. The lowest BCUT2D eigenvalue weighted by Crippen LogP contribution is -2.41. The van der Waals surface area contributed by atoms with Gasteiger partial charge in [-0.15, -0.1) is 3.89 Å². The van der Waals surface area contributed by atoms with Crippen molar-refractivity contribution in [3.8, 4) is 5.75 Å². The third-order valence-electron chi connectivity index (χ3n) is 5.33. The first-order chi connectivity index (χ1) is 14.1. The number of rotatable bonds is 6. The van der Waals surface area contributed by atoms with Crippen molar-refractivity contribution in [2.45, 2.75) is 17.7 Å². The predicted octanol–water partition coefficient (Wildman–Crippen LogP) is 0.868. The molecule has 0 aliphatic carbocycles. The quantitative estimate of drug-likeness (QED) is 0.575. The molecule has 12 heteroatoms. The molecule has 2 saturated heterocycles. The molecule has 0 radical (unpaired) electrons. The van der Waals surface area contributed by atoms with E-state index in [1.165, 1.54) is 34.5 Å². The zero-order valence-corrected chi connectivity index (χ0v) is 18.3. The van der Waals surface area contributed by atoms with Gasteiger partial charge in [0.25, 0.3) is 5.91 Å². The Kier molecular flexibility index (Phi) is 7.00. The molecule has 2 aliphatic rings. The number of sulfonamides is 1. The van der Waals surface area contributed by atoms with Crippen LogP contribution in [0.4, 0.5) is 3.89 Å². The summed E-state index contributed by atoms with van der Waals surface area (Å²) in [6.45, 7) is 1.57. The summed E-state index contributed by atoms with van der Waals surface area (Å²) < 4.78 is 72.4. The van der Waals surface area contributed by atoms with Crippen molar-refractivity contribution in [3.05, 3.63) is 23.8 Å². The molecular weight excluding hydrogens is 439 g/mol. The van der Waals surface area contributed by atoms with E-state index in [-0.39, 0.29) is 54.2 Å². The van der Waals surface area contributed by atoms with Crippen molar-refractivity contribution in [1.82, 2.24) is 9.21 Å². The van der Waals surface area contributed by atoms with Gasteiger partial charge in [-0.05, 0) is 37.0 Å². The van der Waals surface area contributed by atoms with Gasteiger partial charge in [0.05, 0.1) is 26.1 Å². The van der Waals surface area contributed by atoms with Crippen molar-refractivity contribution in [2.75, 3.05) is 52.3 Å². The van der Waals surface area contributed by atoms with E-state index >= 15 is 0 Å². The molecule has 30 heavy (non-hydrogen) atoms. The highest BCUT2D eigenvalue weighted by Crippen LogP contribution is 2.29. The van der Waals surface area contributed by atoms with E-state index < -0.39 is 26.0 Å². The Morgan fingerprint density at radius 1 is 1.13 bits per heavy atom. The van der Waals surface area contributed by atoms with Crippen LogP contribution in [0.15, 0.2) is 23.1 Å². The lowest BCUT2D eigenvalue weighted by Gasteiger charge is -2.31. The summed E-state index contributed by atoms with van der Waals surface area (Å²) in [5.74, 6) is -1.10. The second-order valence-electron chi connectivity index (χ2n) is 7.32. The number of likely N-dealkylation sites (tertiary alicyclic amines) is 1. The second-order valence-corrected chi connectivity index (χ2v) is 10.6. The number of carbonyl (C=O) groups excluding carboxylic acids is 1. The molecule has 9 nitrogen and oxygen atoms in total. The van der Waals surface area contributed by atoms with Gasteiger partial charge in [0.15, 0.2) is 0 Å². The molecule has 0 spiro atoms. The van der Waals surface area contributed by atoms with E-state index in [2.05, 4.69) is 0 Å². The van der Waals surface area contributed by atoms with Crippen LogP contribution >= 0.6 is 0 Å². The Balaban J connectivity index is 1.78. The fourth-order valence-corrected chi connectivity index (χ4v) is 6.19. The molecule has 2 aliphatic heterocycles. The predicted molar refractivity (Wildman–Crippen MR) is 106 cm³/mol. The average molecular weight is 465 g/mol. The molecule has 0 bridgehead atoms. The fourth-order valence-electron chi connectivity index (χ4n) is 3.70. The van der Waals surface area contributed by atoms with Crippen molar-refractivity contribution >= 4 is 26.2 Å². The summed E-state index contributed by atoms with van der Waals surface area (Å²) in [5.41, 5.74) is 0.194. The molecule has 0 aromatic heterocycles. The molecule has 1 aromatic rings. The summed E-state index contributed by atoms with van der Waals surface area (Å²) in [6, 6.07) is 4.25. The maximum Gasteiger partial charge on any atom is 0.302 e. The highest BCUT2D eigenvalue weighted by molar-refractivity contribution is 7.89. The summed E-state index contributed by atoms with van der Waals surface area (Å²) in [6.07, 6.45) is 0.730. The van der Waals surface area contributed by atoms with Crippen LogP contribution in [0.25, 0.3) is 0 Å². The van der Waals surface area contributed by atoms with Gasteiger partial charge >= 0.3 is 10.2 Å². The molecule has 2 fully saturated rings. The Hall–Kier alpha value is -1.76. The number of hydrogen-bond donors (Lipinski definition) is 0. The van der Waals surface area contributed by atoms with E-state index in [1.807, 2.05) is 0 Å². The summed E-state index contributed by atoms with van der Waals surface area (Å²) in [5, 5.41) is 0. The number of piperidine rings is 1.